The second-order valence-electron chi connectivity index (χ2n) is 5.44. The maximum atomic E-state index is 12.8. The quantitative estimate of drug-likeness (QED) is 0.853. The number of halogens is 3. The first-order chi connectivity index (χ1) is 11.4. The summed E-state index contributed by atoms with van der Waals surface area (Å²) in [5, 5.41) is 9.25. The van der Waals surface area contributed by atoms with E-state index in [1.807, 2.05) is 0 Å². The lowest BCUT2D eigenvalue weighted by Crippen LogP contribution is -2.17. The summed E-state index contributed by atoms with van der Waals surface area (Å²) >= 11 is 0. The first kappa shape index (κ1) is 18.8. The summed E-state index contributed by atoms with van der Waals surface area (Å²) in [5.41, 5.74) is -0.636. The van der Waals surface area contributed by atoms with Crippen LogP contribution in [0.1, 0.15) is 27.0 Å². The van der Waals surface area contributed by atoms with Crippen LogP contribution in [0.25, 0.3) is 0 Å². The molecule has 0 amide bonds. The maximum Gasteiger partial charge on any atom is 0.416 e. The molecule has 0 saturated carbocycles. The van der Waals surface area contributed by atoms with Crippen molar-refractivity contribution in [2.24, 2.45) is 0 Å². The molecule has 2 aromatic carbocycles. The van der Waals surface area contributed by atoms with E-state index in [1.165, 1.54) is 13.0 Å². The van der Waals surface area contributed by atoms with Crippen LogP contribution >= 0.6 is 0 Å². The molecule has 0 fully saturated rings. The predicted octanol–water partition coefficient (Wildman–Crippen LogP) is 3.82. The zero-order valence-corrected chi connectivity index (χ0v) is 14.0. The van der Waals surface area contributed by atoms with Gasteiger partial charge in [-0.15, -0.1) is 0 Å². The molecule has 25 heavy (non-hydrogen) atoms. The van der Waals surface area contributed by atoms with Crippen molar-refractivity contribution in [3.8, 4) is 0 Å². The molecule has 0 unspecified atom stereocenters. The Hall–Kier alpha value is -2.55. The molecule has 0 aliphatic carbocycles. The lowest BCUT2D eigenvalue weighted by Gasteiger charge is -2.15. The van der Waals surface area contributed by atoms with Crippen molar-refractivity contribution in [1.82, 2.24) is 0 Å². The highest BCUT2D eigenvalue weighted by Crippen LogP contribution is 2.31. The summed E-state index contributed by atoms with van der Waals surface area (Å²) in [4.78, 5) is 10.7. The van der Waals surface area contributed by atoms with Gasteiger partial charge in [0.2, 0.25) is 0 Å². The second kappa shape index (κ2) is 6.40. The van der Waals surface area contributed by atoms with Gasteiger partial charge in [-0.1, -0.05) is 12.1 Å². The molecule has 0 radical (unpaired) electrons. The number of hydrogen-bond acceptors (Lipinski definition) is 3. The maximum absolute atomic E-state index is 12.8. The molecule has 0 saturated heterocycles. The average molecular weight is 373 g/mol. The third-order valence-corrected chi connectivity index (χ3v) is 4.77. The number of benzene rings is 2. The van der Waals surface area contributed by atoms with E-state index in [0.717, 1.165) is 18.2 Å². The molecule has 2 aromatic rings. The molecule has 2 rings (SSSR count). The lowest BCUT2D eigenvalue weighted by molar-refractivity contribution is -0.137. The molecule has 0 aliphatic rings. The van der Waals surface area contributed by atoms with Gasteiger partial charge in [-0.2, -0.15) is 13.2 Å². The van der Waals surface area contributed by atoms with Gasteiger partial charge < -0.3 is 5.11 Å². The van der Waals surface area contributed by atoms with E-state index in [9.17, 15) is 31.5 Å². The molecular formula is C16H14F3NO4S. The third-order valence-electron chi connectivity index (χ3n) is 3.42. The molecule has 5 nitrogen and oxygen atoms in total. The monoisotopic (exact) mass is 373 g/mol. The van der Waals surface area contributed by atoms with Gasteiger partial charge in [0.25, 0.3) is 10.0 Å². The Labute approximate surface area is 142 Å². The Balaban J connectivity index is 2.53. The molecule has 0 spiro atoms. The Morgan fingerprint density at radius 1 is 1.12 bits per heavy atom. The number of aryl methyl sites for hydroxylation is 2. The van der Waals surface area contributed by atoms with E-state index in [4.69, 9.17) is 0 Å². The van der Waals surface area contributed by atoms with E-state index in [-0.39, 0.29) is 11.3 Å². The third kappa shape index (κ3) is 4.11. The Morgan fingerprint density at radius 3 is 2.32 bits per heavy atom. The van der Waals surface area contributed by atoms with Crippen LogP contribution in [0.2, 0.25) is 0 Å². The van der Waals surface area contributed by atoms with Crippen molar-refractivity contribution < 1.29 is 31.5 Å². The number of aromatic carboxylic acids is 1. The Morgan fingerprint density at radius 2 is 1.76 bits per heavy atom. The minimum atomic E-state index is -4.70. The van der Waals surface area contributed by atoms with Crippen LogP contribution < -0.4 is 4.72 Å². The van der Waals surface area contributed by atoms with Crippen LogP contribution in [-0.4, -0.2) is 19.5 Å². The van der Waals surface area contributed by atoms with Crippen molar-refractivity contribution in [3.63, 3.8) is 0 Å². The molecule has 134 valence electrons. The summed E-state index contributed by atoms with van der Waals surface area (Å²) in [5.74, 6) is -1.35. The van der Waals surface area contributed by atoms with E-state index in [0.29, 0.717) is 17.2 Å². The normalized spacial score (nSPS) is 12.0. The lowest BCUT2D eigenvalue weighted by atomic mass is 10.0. The van der Waals surface area contributed by atoms with Gasteiger partial charge in [-0.25, -0.2) is 13.2 Å². The summed E-state index contributed by atoms with van der Waals surface area (Å²) < 4.78 is 65.2. The van der Waals surface area contributed by atoms with Gasteiger partial charge in [0.15, 0.2) is 0 Å². The van der Waals surface area contributed by atoms with Crippen LogP contribution in [-0.2, 0) is 16.2 Å². The first-order valence-corrected chi connectivity index (χ1v) is 8.45. The molecule has 0 aliphatic heterocycles. The SMILES string of the molecule is Cc1cc(C)c(NS(=O)(=O)c2cccc(C(F)(F)F)c2)c(C(=O)O)c1. The Kier molecular flexibility index (Phi) is 4.81. The molecule has 0 atom stereocenters. The zero-order valence-electron chi connectivity index (χ0n) is 13.2. The fraction of sp³-hybridized carbons (Fsp3) is 0.188. The molecule has 9 heteroatoms. The number of anilines is 1. The van der Waals surface area contributed by atoms with Gasteiger partial charge in [-0.3, -0.25) is 4.72 Å². The number of carboxylic acid groups (broad SMARTS) is 1. The predicted molar refractivity (Wildman–Crippen MR) is 85.1 cm³/mol. The first-order valence-electron chi connectivity index (χ1n) is 6.96. The van der Waals surface area contributed by atoms with Gasteiger partial charge >= 0.3 is 12.1 Å². The number of sulfonamides is 1. The summed E-state index contributed by atoms with van der Waals surface area (Å²) in [6, 6.07) is 6.06. The standard InChI is InChI=1S/C16H14F3NO4S/c1-9-6-10(2)14(13(7-9)15(21)22)20-25(23,24)12-5-3-4-11(8-12)16(17,18)19/h3-8,20H,1-2H3,(H,21,22). The highest BCUT2D eigenvalue weighted by atomic mass is 32.2. The largest absolute Gasteiger partial charge is 0.478 e. The Bertz CT molecular complexity index is 937. The van der Waals surface area contributed by atoms with Crippen molar-refractivity contribution in [1.29, 1.82) is 0 Å². The summed E-state index contributed by atoms with van der Waals surface area (Å²) in [7, 11) is -4.40. The van der Waals surface area contributed by atoms with Gasteiger partial charge in [0, 0.05) is 0 Å². The van der Waals surface area contributed by atoms with Crippen molar-refractivity contribution >= 4 is 21.7 Å². The van der Waals surface area contributed by atoms with Crippen molar-refractivity contribution in [2.75, 3.05) is 4.72 Å². The van der Waals surface area contributed by atoms with Crippen molar-refractivity contribution in [3.05, 3.63) is 58.7 Å². The minimum Gasteiger partial charge on any atom is -0.478 e. The molecule has 2 N–H and O–H groups in total. The van der Waals surface area contributed by atoms with E-state index >= 15 is 0 Å². The van der Waals surface area contributed by atoms with Gasteiger partial charge in [-0.05, 0) is 49.2 Å². The average Bonchev–Trinajstić information content (AvgIpc) is 2.48. The summed E-state index contributed by atoms with van der Waals surface area (Å²) in [6.07, 6.45) is -4.70. The number of nitrogens with one attached hydrogen (secondary N) is 1. The van der Waals surface area contributed by atoms with Crippen LogP contribution in [0.3, 0.4) is 0 Å². The van der Waals surface area contributed by atoms with Crippen LogP contribution in [0.4, 0.5) is 18.9 Å². The number of hydrogen-bond donors (Lipinski definition) is 2. The van der Waals surface area contributed by atoms with Crippen LogP contribution in [0.15, 0.2) is 41.3 Å². The molecule has 0 aromatic heterocycles. The smallest absolute Gasteiger partial charge is 0.416 e. The number of carbonyl (C=O) groups is 1. The minimum absolute atomic E-state index is 0.185. The van der Waals surface area contributed by atoms with Gasteiger partial charge in [0.1, 0.15) is 0 Å². The van der Waals surface area contributed by atoms with E-state index < -0.39 is 32.6 Å². The zero-order chi connectivity index (χ0) is 19.0. The number of carboxylic acids is 1. The molecule has 0 heterocycles. The fourth-order valence-electron chi connectivity index (χ4n) is 2.30. The second-order valence-corrected chi connectivity index (χ2v) is 7.12. The number of rotatable bonds is 4. The number of alkyl halides is 3. The summed E-state index contributed by atoms with van der Waals surface area (Å²) in [6.45, 7) is 3.15. The highest BCUT2D eigenvalue weighted by molar-refractivity contribution is 7.92. The molecular weight excluding hydrogens is 359 g/mol. The van der Waals surface area contributed by atoms with Crippen LogP contribution in [0, 0.1) is 13.8 Å². The fourth-order valence-corrected chi connectivity index (χ4v) is 3.50. The topological polar surface area (TPSA) is 83.5 Å². The van der Waals surface area contributed by atoms with E-state index in [2.05, 4.69) is 4.72 Å². The van der Waals surface area contributed by atoms with E-state index in [1.54, 1.807) is 13.0 Å². The van der Waals surface area contributed by atoms with Crippen LogP contribution in [0.5, 0.6) is 0 Å². The molecule has 0 bridgehead atoms. The highest BCUT2D eigenvalue weighted by Gasteiger charge is 2.32. The van der Waals surface area contributed by atoms with Crippen molar-refractivity contribution in [2.45, 2.75) is 24.9 Å². The van der Waals surface area contributed by atoms with Gasteiger partial charge in [0.05, 0.1) is 21.7 Å².